The van der Waals surface area contributed by atoms with Gasteiger partial charge in [0.2, 0.25) is 0 Å². The van der Waals surface area contributed by atoms with Gasteiger partial charge in [-0.1, -0.05) is 10.3 Å². The summed E-state index contributed by atoms with van der Waals surface area (Å²) in [6.45, 7) is 3.79. The number of amides is 1. The number of ether oxygens (including phenoxy) is 1. The van der Waals surface area contributed by atoms with Crippen molar-refractivity contribution >= 4 is 17.3 Å². The van der Waals surface area contributed by atoms with Crippen LogP contribution in [0.1, 0.15) is 6.92 Å². The normalized spacial score (nSPS) is 17.9. The number of carbonyl (C=O) groups is 1. The van der Waals surface area contributed by atoms with Gasteiger partial charge in [0.1, 0.15) is 19.9 Å². The van der Waals surface area contributed by atoms with Crippen LogP contribution in [0.2, 0.25) is 0 Å². The molecule has 1 saturated heterocycles. The van der Waals surface area contributed by atoms with Crippen LogP contribution in [0, 0.1) is 0 Å². The van der Waals surface area contributed by atoms with Crippen molar-refractivity contribution in [2.45, 2.75) is 6.92 Å². The monoisotopic (exact) mass is 243 g/mol. The lowest BCUT2D eigenvalue weighted by Crippen LogP contribution is -2.45. The predicted molar refractivity (Wildman–Crippen MR) is 62.0 cm³/mol. The van der Waals surface area contributed by atoms with E-state index in [0.29, 0.717) is 32.0 Å². The van der Waals surface area contributed by atoms with Gasteiger partial charge in [0.25, 0.3) is 5.91 Å². The molecule has 0 aromatic rings. The number of carbonyl (C=O) groups excluding carboxylic acids is 1. The first-order chi connectivity index (χ1) is 8.20. The second kappa shape index (κ2) is 6.85. The van der Waals surface area contributed by atoms with Crippen molar-refractivity contribution < 1.29 is 19.2 Å². The van der Waals surface area contributed by atoms with Crippen LogP contribution in [0.15, 0.2) is 10.3 Å². The average Bonchev–Trinajstić information content (AvgIpc) is 2.36. The third-order valence-electron chi connectivity index (χ3n) is 2.25. The molecular formula is C10H17N3O4. The molecule has 0 aromatic heterocycles. The zero-order valence-corrected chi connectivity index (χ0v) is 10.3. The van der Waals surface area contributed by atoms with Gasteiger partial charge < -0.3 is 19.3 Å². The Morgan fingerprint density at radius 1 is 1.18 bits per heavy atom. The van der Waals surface area contributed by atoms with Crippen molar-refractivity contribution in [3.63, 3.8) is 0 Å². The Labute approximate surface area is 100.0 Å². The van der Waals surface area contributed by atoms with Crippen molar-refractivity contribution in [3.8, 4) is 0 Å². The fraction of sp³-hybridized carbons (Fsp3) is 0.700. The van der Waals surface area contributed by atoms with E-state index in [0.717, 1.165) is 0 Å². The SMILES string of the molecule is CON=C(C)C(=NOC)C(=O)N1CCOCC1. The summed E-state index contributed by atoms with van der Waals surface area (Å²) in [5.41, 5.74) is 0.530. The second-order valence-electron chi connectivity index (χ2n) is 3.39. The number of hydrogen-bond donors (Lipinski definition) is 0. The first-order valence-electron chi connectivity index (χ1n) is 5.27. The topological polar surface area (TPSA) is 72.7 Å². The van der Waals surface area contributed by atoms with Crippen molar-refractivity contribution in [2.24, 2.45) is 10.3 Å². The molecular weight excluding hydrogens is 226 g/mol. The minimum atomic E-state index is -0.228. The molecule has 7 heteroatoms. The van der Waals surface area contributed by atoms with E-state index in [1.807, 2.05) is 0 Å². The van der Waals surface area contributed by atoms with Crippen molar-refractivity contribution in [3.05, 3.63) is 0 Å². The molecule has 7 nitrogen and oxygen atoms in total. The lowest BCUT2D eigenvalue weighted by Gasteiger charge is -2.26. The van der Waals surface area contributed by atoms with Crippen LogP contribution in [0.25, 0.3) is 0 Å². The Balaban J connectivity index is 2.80. The number of oxime groups is 2. The smallest absolute Gasteiger partial charge is 0.278 e. The average molecular weight is 243 g/mol. The summed E-state index contributed by atoms with van der Waals surface area (Å²) in [4.78, 5) is 23.1. The van der Waals surface area contributed by atoms with Gasteiger partial charge in [0.05, 0.1) is 13.2 Å². The van der Waals surface area contributed by atoms with Gasteiger partial charge >= 0.3 is 0 Å². The maximum absolute atomic E-state index is 12.1. The minimum Gasteiger partial charge on any atom is -0.399 e. The molecule has 0 aromatic carbocycles. The third-order valence-corrected chi connectivity index (χ3v) is 2.25. The Hall–Kier alpha value is -1.63. The summed E-state index contributed by atoms with van der Waals surface area (Å²) in [5, 5.41) is 7.38. The molecule has 1 fully saturated rings. The van der Waals surface area contributed by atoms with Gasteiger partial charge in [-0.05, 0) is 6.92 Å². The van der Waals surface area contributed by atoms with Crippen LogP contribution in [-0.2, 0) is 19.2 Å². The van der Waals surface area contributed by atoms with E-state index in [-0.39, 0.29) is 11.6 Å². The maximum atomic E-state index is 12.1. The van der Waals surface area contributed by atoms with Crippen molar-refractivity contribution in [1.29, 1.82) is 0 Å². The first kappa shape index (κ1) is 13.4. The van der Waals surface area contributed by atoms with Crippen LogP contribution in [-0.4, -0.2) is 62.8 Å². The molecule has 1 rings (SSSR count). The zero-order valence-electron chi connectivity index (χ0n) is 10.3. The van der Waals surface area contributed by atoms with E-state index >= 15 is 0 Å². The first-order valence-corrected chi connectivity index (χ1v) is 5.27. The fourth-order valence-corrected chi connectivity index (χ4v) is 1.45. The van der Waals surface area contributed by atoms with E-state index in [9.17, 15) is 4.79 Å². The van der Waals surface area contributed by atoms with Crippen molar-refractivity contribution in [1.82, 2.24) is 4.90 Å². The van der Waals surface area contributed by atoms with E-state index in [1.54, 1.807) is 11.8 Å². The second-order valence-corrected chi connectivity index (χ2v) is 3.39. The standard InChI is InChI=1S/C10H17N3O4/c1-8(11-15-2)9(12-16-3)10(14)13-4-6-17-7-5-13/h4-7H2,1-3H3. The largest absolute Gasteiger partial charge is 0.399 e. The predicted octanol–water partition coefficient (Wildman–Crippen LogP) is -0.130. The molecule has 0 unspecified atom stereocenters. The molecule has 1 aliphatic rings. The van der Waals surface area contributed by atoms with Crippen LogP contribution in [0.5, 0.6) is 0 Å². The Kier molecular flexibility index (Phi) is 5.41. The van der Waals surface area contributed by atoms with E-state index in [4.69, 9.17) is 4.74 Å². The summed E-state index contributed by atoms with van der Waals surface area (Å²) in [6, 6.07) is 0. The highest BCUT2D eigenvalue weighted by molar-refractivity contribution is 6.66. The molecule has 0 aliphatic carbocycles. The summed E-state index contributed by atoms with van der Waals surface area (Å²) in [6.07, 6.45) is 0. The molecule has 0 spiro atoms. The van der Waals surface area contributed by atoms with Crippen LogP contribution in [0.3, 0.4) is 0 Å². The highest BCUT2D eigenvalue weighted by Gasteiger charge is 2.24. The van der Waals surface area contributed by atoms with E-state index in [1.165, 1.54) is 14.2 Å². The molecule has 0 radical (unpaired) electrons. The molecule has 96 valence electrons. The summed E-state index contributed by atoms with van der Waals surface area (Å²) >= 11 is 0. The number of nitrogens with zero attached hydrogens (tertiary/aromatic N) is 3. The minimum absolute atomic E-state index is 0.149. The number of rotatable bonds is 4. The zero-order chi connectivity index (χ0) is 12.7. The van der Waals surface area contributed by atoms with Gasteiger partial charge in [-0.15, -0.1) is 0 Å². The molecule has 1 amide bonds. The van der Waals surface area contributed by atoms with Gasteiger partial charge in [0, 0.05) is 13.1 Å². The third kappa shape index (κ3) is 3.70. The molecule has 1 aliphatic heterocycles. The molecule has 0 bridgehead atoms. The van der Waals surface area contributed by atoms with Gasteiger partial charge in [0.15, 0.2) is 5.71 Å². The van der Waals surface area contributed by atoms with Crippen LogP contribution >= 0.6 is 0 Å². The summed E-state index contributed by atoms with van der Waals surface area (Å²) in [7, 11) is 2.79. The lowest BCUT2D eigenvalue weighted by atomic mass is 10.2. The number of morpholine rings is 1. The van der Waals surface area contributed by atoms with E-state index in [2.05, 4.69) is 20.0 Å². The molecule has 0 atom stereocenters. The van der Waals surface area contributed by atoms with Gasteiger partial charge in [-0.2, -0.15) is 0 Å². The highest BCUT2D eigenvalue weighted by atomic mass is 16.6. The highest BCUT2D eigenvalue weighted by Crippen LogP contribution is 2.01. The molecule has 0 N–H and O–H groups in total. The maximum Gasteiger partial charge on any atom is 0.278 e. The Bertz CT molecular complexity index is 322. The molecule has 0 saturated carbocycles. The van der Waals surface area contributed by atoms with Crippen LogP contribution in [0.4, 0.5) is 0 Å². The Morgan fingerprint density at radius 2 is 1.76 bits per heavy atom. The van der Waals surface area contributed by atoms with E-state index < -0.39 is 0 Å². The van der Waals surface area contributed by atoms with Gasteiger partial charge in [-0.3, -0.25) is 4.79 Å². The molecule has 1 heterocycles. The Morgan fingerprint density at radius 3 is 2.29 bits per heavy atom. The summed E-state index contributed by atoms with van der Waals surface area (Å²) < 4.78 is 5.18. The quantitative estimate of drug-likeness (QED) is 0.509. The summed E-state index contributed by atoms with van der Waals surface area (Å²) in [5.74, 6) is -0.228. The van der Waals surface area contributed by atoms with Gasteiger partial charge in [-0.25, -0.2) is 0 Å². The number of hydrogen-bond acceptors (Lipinski definition) is 6. The molecule has 17 heavy (non-hydrogen) atoms. The van der Waals surface area contributed by atoms with Crippen LogP contribution < -0.4 is 0 Å². The van der Waals surface area contributed by atoms with Crippen molar-refractivity contribution in [2.75, 3.05) is 40.5 Å². The fourth-order valence-electron chi connectivity index (χ4n) is 1.45. The lowest BCUT2D eigenvalue weighted by molar-refractivity contribution is -0.128.